The molecule has 2 atom stereocenters. The van der Waals surface area contributed by atoms with Gasteiger partial charge in [0.1, 0.15) is 0 Å². The van der Waals surface area contributed by atoms with Crippen LogP contribution in [0.4, 0.5) is 5.95 Å². The zero-order valence-corrected chi connectivity index (χ0v) is 14.9. The van der Waals surface area contributed by atoms with E-state index in [4.69, 9.17) is 0 Å². The third-order valence-corrected chi connectivity index (χ3v) is 5.28. The zero-order chi connectivity index (χ0) is 18.8. The molecule has 2 heterocycles. The van der Waals surface area contributed by atoms with Crippen LogP contribution in [0, 0.1) is 11.8 Å². The minimum absolute atomic E-state index is 0.0339. The largest absolute Gasteiger partial charge is 0.293 e. The third kappa shape index (κ3) is 3.47. The summed E-state index contributed by atoms with van der Waals surface area (Å²) < 4.78 is 0. The topological polar surface area (TPSA) is 108 Å². The Bertz CT molecular complexity index is 839. The molecular weight excluding hydrogens is 346 g/mol. The van der Waals surface area contributed by atoms with Gasteiger partial charge >= 0.3 is 0 Å². The number of aromatic amines is 1. The number of carbonyl (C=O) groups excluding carboxylic acids is 3. The number of likely N-dealkylation sites (tertiary alicyclic amines) is 1. The van der Waals surface area contributed by atoms with E-state index in [2.05, 4.69) is 20.5 Å². The van der Waals surface area contributed by atoms with Crippen LogP contribution in [0.5, 0.6) is 0 Å². The van der Waals surface area contributed by atoms with E-state index in [1.807, 2.05) is 30.3 Å². The number of carbonyl (C=O) groups is 3. The number of nitrogens with one attached hydrogen (secondary N) is 2. The van der Waals surface area contributed by atoms with Crippen LogP contribution in [-0.2, 0) is 14.4 Å². The Kier molecular flexibility index (Phi) is 4.70. The van der Waals surface area contributed by atoms with E-state index in [9.17, 15) is 14.4 Å². The normalized spacial score (nSPS) is 22.0. The molecule has 1 saturated heterocycles. The summed E-state index contributed by atoms with van der Waals surface area (Å²) in [5.41, 5.74) is 0.862. The first-order chi connectivity index (χ1) is 13.1. The summed E-state index contributed by atoms with van der Waals surface area (Å²) in [5.74, 6) is -0.217. The van der Waals surface area contributed by atoms with Gasteiger partial charge < -0.3 is 0 Å². The summed E-state index contributed by atoms with van der Waals surface area (Å²) in [6, 6.07) is 9.45. The van der Waals surface area contributed by atoms with E-state index in [1.54, 1.807) is 0 Å². The van der Waals surface area contributed by atoms with Gasteiger partial charge in [-0.15, -0.1) is 5.10 Å². The number of rotatable bonds is 5. The number of H-pyrrole nitrogens is 1. The zero-order valence-electron chi connectivity index (χ0n) is 14.9. The standard InChI is InChI=1S/C19H21N5O3/c25-15(20-19-21-16(22-23-19)12-6-2-1-3-7-12)10-11-24-17(26)13-8-4-5-9-14(13)18(24)27/h1-3,6-7,13-14H,4-5,8-11H2,(H2,20,21,22,23,25). The Hall–Kier alpha value is -3.03. The smallest absolute Gasteiger partial charge is 0.249 e. The number of fused-ring (bicyclic) bond motifs is 1. The molecule has 1 aliphatic heterocycles. The van der Waals surface area contributed by atoms with Gasteiger partial charge in [-0.2, -0.15) is 4.98 Å². The molecule has 0 bridgehead atoms. The fourth-order valence-electron chi connectivity index (χ4n) is 3.89. The molecule has 2 N–H and O–H groups in total. The van der Waals surface area contributed by atoms with E-state index >= 15 is 0 Å². The molecule has 0 spiro atoms. The summed E-state index contributed by atoms with van der Waals surface area (Å²) in [6.45, 7) is 0.104. The Morgan fingerprint density at radius 2 is 1.78 bits per heavy atom. The van der Waals surface area contributed by atoms with Crippen LogP contribution in [0.3, 0.4) is 0 Å². The van der Waals surface area contributed by atoms with Gasteiger partial charge in [0, 0.05) is 18.5 Å². The number of anilines is 1. The molecule has 1 aromatic carbocycles. The first-order valence-electron chi connectivity index (χ1n) is 9.26. The summed E-state index contributed by atoms with van der Waals surface area (Å²) in [7, 11) is 0. The highest BCUT2D eigenvalue weighted by Crippen LogP contribution is 2.37. The molecule has 2 aliphatic rings. The molecule has 1 aliphatic carbocycles. The first-order valence-corrected chi connectivity index (χ1v) is 9.26. The molecule has 1 saturated carbocycles. The van der Waals surface area contributed by atoms with E-state index in [0.717, 1.165) is 31.2 Å². The fraction of sp³-hybridized carbons (Fsp3) is 0.421. The lowest BCUT2D eigenvalue weighted by molar-refractivity contribution is -0.140. The van der Waals surface area contributed by atoms with E-state index < -0.39 is 0 Å². The molecule has 140 valence electrons. The van der Waals surface area contributed by atoms with Gasteiger partial charge in [-0.25, -0.2) is 0 Å². The second-order valence-corrected chi connectivity index (χ2v) is 7.00. The van der Waals surface area contributed by atoms with Crippen LogP contribution in [0.1, 0.15) is 32.1 Å². The molecule has 1 aromatic heterocycles. The molecule has 3 amide bonds. The number of hydrogen-bond acceptors (Lipinski definition) is 5. The van der Waals surface area contributed by atoms with Gasteiger partial charge in [-0.1, -0.05) is 43.2 Å². The highest BCUT2D eigenvalue weighted by molar-refractivity contribution is 6.05. The van der Waals surface area contributed by atoms with Gasteiger partial charge in [-0.05, 0) is 12.8 Å². The molecule has 2 unspecified atom stereocenters. The maximum atomic E-state index is 12.4. The van der Waals surface area contributed by atoms with Gasteiger partial charge in [0.15, 0.2) is 5.82 Å². The average molecular weight is 367 g/mol. The number of aromatic nitrogens is 3. The molecule has 4 rings (SSSR count). The van der Waals surface area contributed by atoms with Crippen molar-refractivity contribution in [3.63, 3.8) is 0 Å². The van der Waals surface area contributed by atoms with Crippen LogP contribution >= 0.6 is 0 Å². The van der Waals surface area contributed by atoms with E-state index in [1.165, 1.54) is 4.90 Å². The second-order valence-electron chi connectivity index (χ2n) is 7.00. The van der Waals surface area contributed by atoms with Crippen molar-refractivity contribution in [1.82, 2.24) is 20.1 Å². The number of nitrogens with zero attached hydrogens (tertiary/aromatic N) is 3. The molecule has 27 heavy (non-hydrogen) atoms. The van der Waals surface area contributed by atoms with Crippen LogP contribution in [0.15, 0.2) is 30.3 Å². The van der Waals surface area contributed by atoms with Crippen molar-refractivity contribution in [1.29, 1.82) is 0 Å². The van der Waals surface area contributed by atoms with Gasteiger partial charge in [0.25, 0.3) is 0 Å². The highest BCUT2D eigenvalue weighted by Gasteiger charge is 2.47. The Balaban J connectivity index is 1.33. The van der Waals surface area contributed by atoms with E-state index in [0.29, 0.717) is 5.82 Å². The molecule has 0 radical (unpaired) electrons. The minimum atomic E-state index is -0.330. The second kappa shape index (κ2) is 7.30. The van der Waals surface area contributed by atoms with Crippen LogP contribution in [0.25, 0.3) is 11.4 Å². The van der Waals surface area contributed by atoms with Gasteiger partial charge in [-0.3, -0.25) is 29.7 Å². The van der Waals surface area contributed by atoms with Crippen molar-refractivity contribution >= 4 is 23.7 Å². The summed E-state index contributed by atoms with van der Waals surface area (Å²) >= 11 is 0. The predicted molar refractivity (Wildman–Crippen MR) is 97.2 cm³/mol. The minimum Gasteiger partial charge on any atom is -0.293 e. The number of amides is 3. The monoisotopic (exact) mass is 367 g/mol. The molecular formula is C19H21N5O3. The van der Waals surface area contributed by atoms with Gasteiger partial charge in [0.2, 0.25) is 23.7 Å². The molecule has 2 fully saturated rings. The van der Waals surface area contributed by atoms with Crippen molar-refractivity contribution in [2.24, 2.45) is 11.8 Å². The molecule has 8 heteroatoms. The number of imide groups is 1. The van der Waals surface area contributed by atoms with Crippen molar-refractivity contribution in [3.8, 4) is 11.4 Å². The first kappa shape index (κ1) is 17.4. The van der Waals surface area contributed by atoms with Crippen molar-refractivity contribution in [3.05, 3.63) is 30.3 Å². The molecule has 2 aromatic rings. The summed E-state index contributed by atoms with van der Waals surface area (Å²) in [5, 5.41) is 9.37. The van der Waals surface area contributed by atoms with Gasteiger partial charge in [0.05, 0.1) is 11.8 Å². The quantitative estimate of drug-likeness (QED) is 0.786. The Morgan fingerprint density at radius 1 is 1.11 bits per heavy atom. The lowest BCUT2D eigenvalue weighted by Crippen LogP contribution is -2.34. The Labute approximate surface area is 156 Å². The summed E-state index contributed by atoms with van der Waals surface area (Å²) in [6.07, 6.45) is 3.56. The molecule has 8 nitrogen and oxygen atoms in total. The lowest BCUT2D eigenvalue weighted by atomic mass is 9.81. The summed E-state index contributed by atoms with van der Waals surface area (Å²) in [4.78, 5) is 42.5. The van der Waals surface area contributed by atoms with Crippen molar-refractivity contribution in [2.75, 3.05) is 11.9 Å². The van der Waals surface area contributed by atoms with Crippen LogP contribution in [-0.4, -0.2) is 44.3 Å². The van der Waals surface area contributed by atoms with Crippen molar-refractivity contribution in [2.45, 2.75) is 32.1 Å². The fourth-order valence-corrected chi connectivity index (χ4v) is 3.89. The van der Waals surface area contributed by atoms with Crippen LogP contribution < -0.4 is 5.32 Å². The SMILES string of the molecule is O=C(CCN1C(=O)C2CCCCC2C1=O)Nc1n[nH]c(-c2ccccc2)n1. The number of benzene rings is 1. The van der Waals surface area contributed by atoms with Crippen LogP contribution in [0.2, 0.25) is 0 Å². The Morgan fingerprint density at radius 3 is 2.44 bits per heavy atom. The highest BCUT2D eigenvalue weighted by atomic mass is 16.2. The van der Waals surface area contributed by atoms with Crippen molar-refractivity contribution < 1.29 is 14.4 Å². The number of hydrogen-bond donors (Lipinski definition) is 2. The third-order valence-electron chi connectivity index (χ3n) is 5.28. The predicted octanol–water partition coefficient (Wildman–Crippen LogP) is 1.98. The lowest BCUT2D eigenvalue weighted by Gasteiger charge is -2.19. The maximum absolute atomic E-state index is 12.4. The maximum Gasteiger partial charge on any atom is 0.249 e. The average Bonchev–Trinajstić information content (AvgIpc) is 3.25. The van der Waals surface area contributed by atoms with E-state index in [-0.39, 0.29) is 48.5 Å².